The van der Waals surface area contributed by atoms with Crippen LogP contribution in [-0.2, 0) is 9.53 Å². The van der Waals surface area contributed by atoms with Crippen molar-refractivity contribution in [3.8, 4) is 5.75 Å². The summed E-state index contributed by atoms with van der Waals surface area (Å²) in [5, 5.41) is 38.1. The van der Waals surface area contributed by atoms with Crippen LogP contribution in [0.4, 0.5) is 0 Å². The molecule has 9 nitrogen and oxygen atoms in total. The van der Waals surface area contributed by atoms with E-state index in [-0.39, 0.29) is 29.6 Å². The van der Waals surface area contributed by atoms with Crippen LogP contribution in [0.3, 0.4) is 0 Å². The number of aliphatic hydroxyl groups is 3. The molecule has 0 aliphatic carbocycles. The van der Waals surface area contributed by atoms with Gasteiger partial charge in [-0.1, -0.05) is 0 Å². The first-order chi connectivity index (χ1) is 13.5. The molecule has 10 heteroatoms. The van der Waals surface area contributed by atoms with Crippen LogP contribution in [0.2, 0.25) is 0 Å². The molecule has 0 saturated carbocycles. The van der Waals surface area contributed by atoms with Gasteiger partial charge in [0.1, 0.15) is 29.6 Å². The summed E-state index contributed by atoms with van der Waals surface area (Å²) in [5.74, 6) is -2.44. The zero-order valence-electron chi connectivity index (χ0n) is 17.7. The van der Waals surface area contributed by atoms with Crippen LogP contribution >= 0.6 is 0 Å². The van der Waals surface area contributed by atoms with Gasteiger partial charge in [0, 0.05) is 47.0 Å². The minimum Gasteiger partial charge on any atom is -0.479 e. The summed E-state index contributed by atoms with van der Waals surface area (Å²) in [5.41, 5.74) is -1.90. The third kappa shape index (κ3) is 4.04. The van der Waals surface area contributed by atoms with E-state index >= 15 is 0 Å². The first-order valence-corrected chi connectivity index (χ1v) is 6.60. The fraction of sp³-hybridized carbons (Fsp3) is 0.333. The zero-order chi connectivity index (χ0) is 21.8. The maximum absolute atomic E-state index is 11.7. The Morgan fingerprint density at radius 1 is 1.12 bits per heavy atom. The zero-order valence-corrected chi connectivity index (χ0v) is 14.7. The number of fused-ring (bicyclic) bond motifs is 1. The van der Waals surface area contributed by atoms with Crippen LogP contribution in [0.1, 0.15) is 6.85 Å². The van der Waals surface area contributed by atoms with Gasteiger partial charge in [0.05, 0.1) is 6.85 Å². The van der Waals surface area contributed by atoms with Crippen molar-refractivity contribution in [3.05, 3.63) is 40.6 Å². The summed E-state index contributed by atoms with van der Waals surface area (Å²) in [7, 11) is 0. The van der Waals surface area contributed by atoms with Crippen LogP contribution in [-0.4, -0.2) is 86.7 Å². The third-order valence-corrected chi connectivity index (χ3v) is 3.29. The van der Waals surface area contributed by atoms with Gasteiger partial charge in [0.15, 0.2) is 6.10 Å². The maximum atomic E-state index is 11.7. The Bertz CT molecular complexity index is 1060. The number of carbonyl (C=O) groups is 1. The summed E-state index contributed by atoms with van der Waals surface area (Å²) < 4.78 is 54.1. The smallest absolute Gasteiger partial charge is 0.336 e. The van der Waals surface area contributed by atoms with Crippen LogP contribution in [0.25, 0.3) is 11.0 Å². The largest absolute Gasteiger partial charge is 0.479 e. The molecule has 2 aromatic rings. The van der Waals surface area contributed by atoms with Crippen molar-refractivity contribution < 1.29 is 46.0 Å². The van der Waals surface area contributed by atoms with E-state index in [9.17, 15) is 24.9 Å². The first kappa shape index (κ1) is 13.7. The Kier molecular flexibility index (Phi) is 4.29. The summed E-state index contributed by atoms with van der Waals surface area (Å²) in [6, 6.07) is -3.92. The van der Waals surface area contributed by atoms with Crippen molar-refractivity contribution in [2.45, 2.75) is 30.7 Å². The molecule has 0 spiro atoms. The van der Waals surface area contributed by atoms with E-state index in [1.165, 1.54) is 0 Å². The van der Waals surface area contributed by atoms with Crippen molar-refractivity contribution in [1.82, 2.24) is 0 Å². The Morgan fingerprint density at radius 3 is 2.48 bits per heavy atom. The summed E-state index contributed by atoms with van der Waals surface area (Å²) in [4.78, 5) is 22.8. The SMILES string of the molecule is [2H]c1c(O[C@@H]2O[C@H](C(=O)O)[C@@H](O)[C@H](O)[C@H]2O)c([2H])c2oc(=O)c([2H])c([2H])c2c1[2H].[Na]. The molecule has 0 amide bonds. The normalized spacial score (nSPS) is 31.8. The number of hydrogen-bond acceptors (Lipinski definition) is 8. The Labute approximate surface area is 169 Å². The molecule has 1 radical (unpaired) electrons. The van der Waals surface area contributed by atoms with Crippen LogP contribution in [0.5, 0.6) is 5.75 Å². The van der Waals surface area contributed by atoms with Crippen LogP contribution < -0.4 is 10.4 Å². The van der Waals surface area contributed by atoms with Gasteiger partial charge in [-0.2, -0.15) is 0 Å². The van der Waals surface area contributed by atoms with E-state index < -0.39 is 89.2 Å². The number of aliphatic hydroxyl groups excluding tert-OH is 3. The van der Waals surface area contributed by atoms with Gasteiger partial charge in [-0.15, -0.1) is 0 Å². The fourth-order valence-corrected chi connectivity index (χ4v) is 2.09. The van der Waals surface area contributed by atoms with Crippen molar-refractivity contribution in [2.24, 2.45) is 0 Å². The minimum absolute atomic E-state index is 0. The summed E-state index contributed by atoms with van der Waals surface area (Å²) in [6.07, 6.45) is -9.94. The van der Waals surface area contributed by atoms with Crippen molar-refractivity contribution in [1.29, 1.82) is 0 Å². The van der Waals surface area contributed by atoms with Crippen molar-refractivity contribution in [2.75, 3.05) is 0 Å². The standard InChI is InChI=1S/C15H14O9.Na/c16-9-4-2-6-1-3-7(5-8(6)23-9)22-15-12(19)10(17)11(18)13(24-15)14(20)21;/h1-5,10-13,15,17-19H,(H,20,21);/t10-,11-,12+,13-,15+;/m0./s1/i1D,2D,3D,4D,5D;. The number of rotatable bonds is 3. The first-order valence-electron chi connectivity index (χ1n) is 9.10. The van der Waals surface area contributed by atoms with Gasteiger partial charge in [-0.25, -0.2) is 9.59 Å². The molecule has 4 N–H and O–H groups in total. The molecule has 1 fully saturated rings. The molecule has 1 aromatic carbocycles. The maximum Gasteiger partial charge on any atom is 0.336 e. The summed E-state index contributed by atoms with van der Waals surface area (Å²) in [6.45, 7) is 0. The van der Waals surface area contributed by atoms with Crippen LogP contribution in [0, 0.1) is 0 Å². The van der Waals surface area contributed by atoms with Crippen LogP contribution in [0.15, 0.2) is 39.4 Å². The topological polar surface area (TPSA) is 147 Å². The molecule has 0 unspecified atom stereocenters. The predicted octanol–water partition coefficient (Wildman–Crippen LogP) is -1.32. The Balaban J connectivity index is 0.00000320. The molecule has 25 heavy (non-hydrogen) atoms. The number of hydrogen-bond donors (Lipinski definition) is 4. The van der Waals surface area contributed by atoms with E-state index in [2.05, 4.69) is 0 Å². The number of carboxylic acid groups (broad SMARTS) is 1. The monoisotopic (exact) mass is 366 g/mol. The van der Waals surface area contributed by atoms with Gasteiger partial charge in [-0.05, 0) is 18.1 Å². The molecule has 1 aliphatic heterocycles. The number of aliphatic carboxylic acids is 1. The number of carboxylic acids is 1. The molecule has 1 aromatic heterocycles. The van der Waals surface area contributed by atoms with Gasteiger partial charge < -0.3 is 34.3 Å². The minimum atomic E-state index is -2.00. The Morgan fingerprint density at radius 2 is 1.80 bits per heavy atom. The second kappa shape index (κ2) is 7.83. The second-order valence-corrected chi connectivity index (χ2v) is 4.90. The average Bonchev–Trinajstić information content (AvgIpc) is 2.66. The van der Waals surface area contributed by atoms with E-state index in [0.29, 0.717) is 0 Å². The van der Waals surface area contributed by atoms with Crippen molar-refractivity contribution >= 4 is 46.5 Å². The van der Waals surface area contributed by atoms with E-state index in [1.54, 1.807) is 0 Å². The van der Waals surface area contributed by atoms with Gasteiger partial charge >= 0.3 is 11.6 Å². The number of benzene rings is 1. The quantitative estimate of drug-likeness (QED) is 0.384. The van der Waals surface area contributed by atoms with Gasteiger partial charge in [-0.3, -0.25) is 0 Å². The molecule has 129 valence electrons. The average molecular weight is 366 g/mol. The molecule has 2 heterocycles. The second-order valence-electron chi connectivity index (χ2n) is 4.90. The molecule has 0 bridgehead atoms. The van der Waals surface area contributed by atoms with Gasteiger partial charge in [0.2, 0.25) is 6.29 Å². The molecule has 1 saturated heterocycles. The summed E-state index contributed by atoms with van der Waals surface area (Å²) >= 11 is 0. The van der Waals surface area contributed by atoms with E-state index in [0.717, 1.165) is 0 Å². The molecular formula is C15H14NaO9. The molecule has 1 aliphatic rings. The third-order valence-electron chi connectivity index (χ3n) is 3.29. The molecular weight excluding hydrogens is 347 g/mol. The number of ether oxygens (including phenoxy) is 2. The predicted molar refractivity (Wildman–Crippen MR) is 83.2 cm³/mol. The van der Waals surface area contributed by atoms with E-state index in [4.69, 9.17) is 25.9 Å². The molecule has 3 rings (SSSR count). The van der Waals surface area contributed by atoms with E-state index in [1.807, 2.05) is 0 Å². The fourth-order valence-electron chi connectivity index (χ4n) is 2.09. The van der Waals surface area contributed by atoms with Crippen molar-refractivity contribution in [3.63, 3.8) is 0 Å². The molecule has 5 atom stereocenters. The Hall–Kier alpha value is -1.46. The van der Waals surface area contributed by atoms with Gasteiger partial charge in [0.25, 0.3) is 0 Å².